The van der Waals surface area contributed by atoms with Gasteiger partial charge in [-0.15, -0.1) is 10.2 Å². The molecular weight excluding hydrogens is 418 g/mol. The number of rotatable bonds is 7. The van der Waals surface area contributed by atoms with Crippen molar-refractivity contribution in [2.45, 2.75) is 51.2 Å². The fourth-order valence-corrected chi connectivity index (χ4v) is 4.65. The fraction of sp³-hybridized carbons (Fsp3) is 0.348. The SMILES string of the molecule is O=C(Nc1ccc(F)cc1)c1nnc(CN(Cc2ccc(F)cc2)C2CCCCC2)s1. The van der Waals surface area contributed by atoms with E-state index in [9.17, 15) is 13.6 Å². The van der Waals surface area contributed by atoms with Crippen molar-refractivity contribution in [1.82, 2.24) is 15.1 Å². The van der Waals surface area contributed by atoms with Gasteiger partial charge in [0.25, 0.3) is 5.91 Å². The molecule has 31 heavy (non-hydrogen) atoms. The van der Waals surface area contributed by atoms with Gasteiger partial charge >= 0.3 is 0 Å². The Hall–Kier alpha value is -2.71. The van der Waals surface area contributed by atoms with Gasteiger partial charge in [-0.05, 0) is 54.8 Å². The Morgan fingerprint density at radius 2 is 1.58 bits per heavy atom. The summed E-state index contributed by atoms with van der Waals surface area (Å²) in [5.41, 5.74) is 1.55. The van der Waals surface area contributed by atoms with Crippen LogP contribution in [0.3, 0.4) is 0 Å². The van der Waals surface area contributed by atoms with Gasteiger partial charge in [-0.2, -0.15) is 0 Å². The first kappa shape index (κ1) is 21.5. The van der Waals surface area contributed by atoms with Crippen LogP contribution in [0.2, 0.25) is 0 Å². The maximum absolute atomic E-state index is 13.3. The number of benzene rings is 2. The van der Waals surface area contributed by atoms with E-state index in [1.807, 2.05) is 12.1 Å². The number of hydrogen-bond acceptors (Lipinski definition) is 5. The minimum atomic E-state index is -0.363. The topological polar surface area (TPSA) is 58.1 Å². The molecule has 0 radical (unpaired) electrons. The van der Waals surface area contributed by atoms with E-state index < -0.39 is 0 Å². The molecule has 3 aromatic rings. The molecule has 1 aliphatic rings. The van der Waals surface area contributed by atoms with Crippen LogP contribution in [0.25, 0.3) is 0 Å². The molecule has 1 heterocycles. The van der Waals surface area contributed by atoms with Crippen LogP contribution in [-0.2, 0) is 13.1 Å². The van der Waals surface area contributed by atoms with Gasteiger partial charge in [-0.25, -0.2) is 8.78 Å². The third-order valence-corrected chi connectivity index (χ3v) is 6.40. The van der Waals surface area contributed by atoms with Crippen LogP contribution in [0.4, 0.5) is 14.5 Å². The van der Waals surface area contributed by atoms with E-state index in [1.54, 1.807) is 0 Å². The first-order valence-corrected chi connectivity index (χ1v) is 11.3. The second kappa shape index (κ2) is 10.1. The van der Waals surface area contributed by atoms with E-state index in [2.05, 4.69) is 20.4 Å². The van der Waals surface area contributed by atoms with Gasteiger partial charge in [0.15, 0.2) is 0 Å². The number of nitrogens with zero attached hydrogens (tertiary/aromatic N) is 3. The van der Waals surface area contributed by atoms with E-state index in [1.165, 1.54) is 67.0 Å². The molecule has 1 fully saturated rings. The quantitative estimate of drug-likeness (QED) is 0.532. The zero-order valence-corrected chi connectivity index (χ0v) is 17.9. The summed E-state index contributed by atoms with van der Waals surface area (Å²) in [5, 5.41) is 12.0. The van der Waals surface area contributed by atoms with E-state index in [0.717, 1.165) is 23.4 Å². The number of hydrogen-bond donors (Lipinski definition) is 1. The first-order valence-electron chi connectivity index (χ1n) is 10.4. The molecule has 2 aromatic carbocycles. The van der Waals surface area contributed by atoms with Gasteiger partial charge in [-0.3, -0.25) is 9.69 Å². The lowest BCUT2D eigenvalue weighted by Crippen LogP contribution is -2.35. The summed E-state index contributed by atoms with van der Waals surface area (Å²) in [6, 6.07) is 12.6. The maximum atomic E-state index is 13.3. The standard InChI is InChI=1S/C23H24F2N4OS/c24-17-8-6-16(7-9-17)14-29(20-4-2-1-3-5-20)15-21-27-28-23(31-21)22(30)26-19-12-10-18(25)11-13-19/h6-13,20H,1-5,14-15H2,(H,26,30). The van der Waals surface area contributed by atoms with Crippen molar-refractivity contribution in [3.8, 4) is 0 Å². The molecular formula is C23H24F2N4OS. The largest absolute Gasteiger partial charge is 0.320 e. The highest BCUT2D eigenvalue weighted by Gasteiger charge is 2.23. The third-order valence-electron chi connectivity index (χ3n) is 5.49. The van der Waals surface area contributed by atoms with Crippen molar-refractivity contribution in [3.05, 3.63) is 75.7 Å². The van der Waals surface area contributed by atoms with Gasteiger partial charge in [0.2, 0.25) is 5.01 Å². The molecule has 0 aliphatic heterocycles. The number of anilines is 1. The molecule has 0 bridgehead atoms. The van der Waals surface area contributed by atoms with Crippen molar-refractivity contribution < 1.29 is 13.6 Å². The highest BCUT2D eigenvalue weighted by molar-refractivity contribution is 7.13. The van der Waals surface area contributed by atoms with Crippen molar-refractivity contribution in [3.63, 3.8) is 0 Å². The van der Waals surface area contributed by atoms with Gasteiger partial charge in [0, 0.05) is 18.3 Å². The molecule has 162 valence electrons. The summed E-state index contributed by atoms with van der Waals surface area (Å²) in [6.45, 7) is 1.28. The normalized spacial score (nSPS) is 14.7. The van der Waals surface area contributed by atoms with Crippen LogP contribution in [0.15, 0.2) is 48.5 Å². The predicted molar refractivity (Wildman–Crippen MR) is 117 cm³/mol. The lowest BCUT2D eigenvalue weighted by Gasteiger charge is -2.33. The predicted octanol–water partition coefficient (Wildman–Crippen LogP) is 5.40. The van der Waals surface area contributed by atoms with E-state index >= 15 is 0 Å². The minimum absolute atomic E-state index is 0.242. The molecule has 5 nitrogen and oxygen atoms in total. The first-order chi connectivity index (χ1) is 15.1. The number of carbonyl (C=O) groups excluding carboxylic acids is 1. The summed E-state index contributed by atoms with van der Waals surface area (Å²) in [4.78, 5) is 14.8. The van der Waals surface area contributed by atoms with Crippen molar-refractivity contribution in [2.24, 2.45) is 0 Å². The maximum Gasteiger partial charge on any atom is 0.286 e. The molecule has 1 aliphatic carbocycles. The van der Waals surface area contributed by atoms with Crippen LogP contribution in [-0.4, -0.2) is 27.0 Å². The van der Waals surface area contributed by atoms with Crippen molar-refractivity contribution in [2.75, 3.05) is 5.32 Å². The molecule has 1 saturated carbocycles. The minimum Gasteiger partial charge on any atom is -0.320 e. The van der Waals surface area contributed by atoms with E-state index in [-0.39, 0.29) is 22.5 Å². The van der Waals surface area contributed by atoms with Gasteiger partial charge in [0.05, 0.1) is 6.54 Å². The smallest absolute Gasteiger partial charge is 0.286 e. The summed E-state index contributed by atoms with van der Waals surface area (Å²) in [5.74, 6) is -0.966. The molecule has 8 heteroatoms. The summed E-state index contributed by atoms with van der Waals surface area (Å²) < 4.78 is 26.3. The number of carbonyl (C=O) groups is 1. The van der Waals surface area contributed by atoms with Gasteiger partial charge in [-0.1, -0.05) is 42.7 Å². The number of amides is 1. The average molecular weight is 443 g/mol. The Bertz CT molecular complexity index is 1000. The van der Waals surface area contributed by atoms with Crippen LogP contribution in [0.5, 0.6) is 0 Å². The molecule has 0 unspecified atom stereocenters. The molecule has 1 aromatic heterocycles. The Balaban J connectivity index is 1.45. The summed E-state index contributed by atoms with van der Waals surface area (Å²) in [6.07, 6.45) is 5.90. The molecule has 1 amide bonds. The van der Waals surface area contributed by atoms with Crippen LogP contribution in [0, 0.1) is 11.6 Å². The fourth-order valence-electron chi connectivity index (χ4n) is 3.89. The third kappa shape index (κ3) is 5.92. The number of aromatic nitrogens is 2. The summed E-state index contributed by atoms with van der Waals surface area (Å²) >= 11 is 1.26. The molecule has 0 spiro atoms. The Morgan fingerprint density at radius 3 is 2.26 bits per heavy atom. The second-order valence-corrected chi connectivity index (χ2v) is 8.85. The van der Waals surface area contributed by atoms with Gasteiger partial charge < -0.3 is 5.32 Å². The van der Waals surface area contributed by atoms with Crippen LogP contribution in [0.1, 0.15) is 52.5 Å². The average Bonchev–Trinajstić information content (AvgIpc) is 3.26. The number of nitrogens with one attached hydrogen (secondary N) is 1. The molecule has 0 saturated heterocycles. The highest BCUT2D eigenvalue weighted by Crippen LogP contribution is 2.26. The monoisotopic (exact) mass is 442 g/mol. The Labute approximate surface area is 184 Å². The van der Waals surface area contributed by atoms with Crippen molar-refractivity contribution in [1.29, 1.82) is 0 Å². The highest BCUT2D eigenvalue weighted by atomic mass is 32.1. The molecule has 1 N–H and O–H groups in total. The van der Waals surface area contributed by atoms with Crippen molar-refractivity contribution >= 4 is 22.9 Å². The van der Waals surface area contributed by atoms with E-state index in [4.69, 9.17) is 0 Å². The van der Waals surface area contributed by atoms with Gasteiger partial charge in [0.1, 0.15) is 16.6 Å². The Kier molecular flexibility index (Phi) is 6.99. The Morgan fingerprint density at radius 1 is 0.935 bits per heavy atom. The number of halogens is 2. The van der Waals surface area contributed by atoms with Crippen LogP contribution >= 0.6 is 11.3 Å². The zero-order chi connectivity index (χ0) is 21.6. The lowest BCUT2D eigenvalue weighted by atomic mass is 9.94. The van der Waals surface area contributed by atoms with E-state index in [0.29, 0.717) is 24.8 Å². The van der Waals surface area contributed by atoms with Crippen LogP contribution < -0.4 is 5.32 Å². The molecule has 0 atom stereocenters. The lowest BCUT2D eigenvalue weighted by molar-refractivity contribution is 0.102. The summed E-state index contributed by atoms with van der Waals surface area (Å²) in [7, 11) is 0. The second-order valence-electron chi connectivity index (χ2n) is 7.79. The zero-order valence-electron chi connectivity index (χ0n) is 17.1. The molecule has 4 rings (SSSR count).